The van der Waals surface area contributed by atoms with Gasteiger partial charge in [0.15, 0.2) is 0 Å². The van der Waals surface area contributed by atoms with Crippen LogP contribution in [0.1, 0.15) is 29.8 Å². The summed E-state index contributed by atoms with van der Waals surface area (Å²) in [6, 6.07) is 18.1. The Bertz CT molecular complexity index is 828. The van der Waals surface area contributed by atoms with Crippen LogP contribution in [0.15, 0.2) is 54.6 Å². The maximum absolute atomic E-state index is 6.58. The molecule has 2 aromatic carbocycles. The van der Waals surface area contributed by atoms with Gasteiger partial charge in [-0.25, -0.2) is 4.68 Å². The minimum absolute atomic E-state index is 0.245. The van der Waals surface area contributed by atoms with E-state index in [2.05, 4.69) is 23.4 Å². The van der Waals surface area contributed by atoms with Crippen molar-refractivity contribution < 1.29 is 5.32 Å². The normalized spacial score (nSPS) is 12.3. The monoisotopic (exact) mass is 360 g/mol. The summed E-state index contributed by atoms with van der Waals surface area (Å²) >= 11 is 12.9. The first-order valence-corrected chi connectivity index (χ1v) is 8.70. The highest BCUT2D eigenvalue weighted by Crippen LogP contribution is 2.23. The van der Waals surface area contributed by atoms with E-state index in [1.807, 2.05) is 55.5 Å². The molecule has 0 spiro atoms. The summed E-state index contributed by atoms with van der Waals surface area (Å²) in [5.74, 6) is 0. The van der Waals surface area contributed by atoms with Gasteiger partial charge in [0.25, 0.3) is 0 Å². The molecule has 24 heavy (non-hydrogen) atoms. The van der Waals surface area contributed by atoms with Crippen molar-refractivity contribution in [2.45, 2.75) is 26.4 Å². The van der Waals surface area contributed by atoms with Crippen LogP contribution in [0, 0.1) is 6.92 Å². The number of hydrogen-bond acceptors (Lipinski definition) is 1. The molecule has 5 heteroatoms. The van der Waals surface area contributed by atoms with Crippen LogP contribution in [-0.4, -0.2) is 9.78 Å². The van der Waals surface area contributed by atoms with Gasteiger partial charge in [0, 0.05) is 10.6 Å². The fourth-order valence-corrected chi connectivity index (χ4v) is 3.43. The Hall–Kier alpha value is -1.81. The second kappa shape index (κ2) is 7.39. The maximum atomic E-state index is 6.58. The van der Waals surface area contributed by atoms with Crippen LogP contribution in [0.5, 0.6) is 0 Å². The Kier molecular flexibility index (Phi) is 5.24. The molecule has 0 aliphatic heterocycles. The standard InChI is InChI=1S/C19H19Cl2N3/c1-13(16-10-6-7-11-18(16)20)22-12-17-14(2)23-24(19(17)21)15-8-4-3-5-9-15/h3-11,13,22H,12H2,1-2H3/p+1/t13-/m0/s1. The van der Waals surface area contributed by atoms with Crippen molar-refractivity contribution >= 4 is 23.2 Å². The summed E-state index contributed by atoms with van der Waals surface area (Å²) in [5, 5.41) is 8.28. The number of benzene rings is 2. The van der Waals surface area contributed by atoms with Crippen molar-refractivity contribution in [3.8, 4) is 5.69 Å². The van der Waals surface area contributed by atoms with Gasteiger partial charge >= 0.3 is 0 Å². The quantitative estimate of drug-likeness (QED) is 0.722. The largest absolute Gasteiger partial charge is 0.336 e. The van der Waals surface area contributed by atoms with Crippen LogP contribution < -0.4 is 5.32 Å². The number of nitrogens with zero attached hydrogens (tertiary/aromatic N) is 2. The third-order valence-corrected chi connectivity index (χ3v) is 4.93. The van der Waals surface area contributed by atoms with Crippen molar-refractivity contribution in [1.82, 2.24) is 9.78 Å². The molecule has 0 saturated heterocycles. The van der Waals surface area contributed by atoms with E-state index in [-0.39, 0.29) is 6.04 Å². The van der Waals surface area contributed by atoms with E-state index >= 15 is 0 Å². The van der Waals surface area contributed by atoms with Gasteiger partial charge in [-0.3, -0.25) is 0 Å². The molecule has 3 rings (SSSR count). The number of halogens is 2. The smallest absolute Gasteiger partial charge is 0.142 e. The van der Waals surface area contributed by atoms with E-state index < -0.39 is 0 Å². The summed E-state index contributed by atoms with van der Waals surface area (Å²) < 4.78 is 1.79. The van der Waals surface area contributed by atoms with E-state index in [1.165, 1.54) is 0 Å². The third kappa shape index (κ3) is 3.48. The van der Waals surface area contributed by atoms with Crippen molar-refractivity contribution in [3.63, 3.8) is 0 Å². The minimum Gasteiger partial charge on any atom is -0.336 e. The molecular formula is C19H20Cl2N3+. The van der Waals surface area contributed by atoms with Gasteiger partial charge in [0.05, 0.1) is 16.9 Å². The molecule has 0 radical (unpaired) electrons. The summed E-state index contributed by atoms with van der Waals surface area (Å²) in [4.78, 5) is 0. The molecule has 1 heterocycles. The molecular weight excluding hydrogens is 341 g/mol. The first-order chi connectivity index (χ1) is 11.6. The zero-order valence-electron chi connectivity index (χ0n) is 13.7. The molecule has 0 amide bonds. The molecule has 0 unspecified atom stereocenters. The summed E-state index contributed by atoms with van der Waals surface area (Å²) in [5.41, 5.74) is 4.10. The lowest BCUT2D eigenvalue weighted by Gasteiger charge is -2.12. The number of nitrogens with two attached hydrogens (primary N) is 1. The maximum Gasteiger partial charge on any atom is 0.142 e. The van der Waals surface area contributed by atoms with Crippen molar-refractivity contribution in [3.05, 3.63) is 81.6 Å². The first-order valence-electron chi connectivity index (χ1n) is 7.95. The van der Waals surface area contributed by atoms with E-state index in [9.17, 15) is 0 Å². The highest BCUT2D eigenvalue weighted by atomic mass is 35.5. The first kappa shape index (κ1) is 17.0. The number of rotatable bonds is 5. The fourth-order valence-electron chi connectivity index (χ4n) is 2.77. The van der Waals surface area contributed by atoms with Gasteiger partial charge in [-0.05, 0) is 32.0 Å². The van der Waals surface area contributed by atoms with Gasteiger partial charge in [-0.15, -0.1) is 0 Å². The Labute approximate surface area is 152 Å². The molecule has 1 aromatic heterocycles. The van der Waals surface area contributed by atoms with Gasteiger partial charge in [-0.2, -0.15) is 5.10 Å². The van der Waals surface area contributed by atoms with E-state index in [1.54, 1.807) is 4.68 Å². The average Bonchev–Trinajstić information content (AvgIpc) is 2.88. The van der Waals surface area contributed by atoms with Gasteiger partial charge < -0.3 is 5.32 Å². The summed E-state index contributed by atoms with van der Waals surface area (Å²) in [6.45, 7) is 4.89. The lowest BCUT2D eigenvalue weighted by Crippen LogP contribution is -2.83. The number of aromatic nitrogens is 2. The second-order valence-electron chi connectivity index (χ2n) is 5.85. The summed E-state index contributed by atoms with van der Waals surface area (Å²) in [6.07, 6.45) is 0. The van der Waals surface area contributed by atoms with Crippen molar-refractivity contribution in [2.75, 3.05) is 0 Å². The second-order valence-corrected chi connectivity index (χ2v) is 6.62. The number of aryl methyl sites for hydroxylation is 1. The molecule has 0 aliphatic carbocycles. The van der Waals surface area contributed by atoms with E-state index in [0.29, 0.717) is 5.15 Å². The van der Waals surface area contributed by atoms with Crippen molar-refractivity contribution in [2.24, 2.45) is 0 Å². The lowest BCUT2D eigenvalue weighted by atomic mass is 10.1. The lowest BCUT2D eigenvalue weighted by molar-refractivity contribution is -0.707. The van der Waals surface area contributed by atoms with E-state index in [0.717, 1.165) is 34.1 Å². The molecule has 0 saturated carbocycles. The molecule has 2 N–H and O–H groups in total. The van der Waals surface area contributed by atoms with Crippen LogP contribution in [0.2, 0.25) is 10.2 Å². The number of hydrogen-bond donors (Lipinski definition) is 1. The van der Waals surface area contributed by atoms with Crippen LogP contribution in [0.3, 0.4) is 0 Å². The van der Waals surface area contributed by atoms with Gasteiger partial charge in [0.2, 0.25) is 0 Å². The number of para-hydroxylation sites is 1. The molecule has 3 aromatic rings. The highest BCUT2D eigenvalue weighted by Gasteiger charge is 2.18. The molecule has 1 atom stereocenters. The van der Waals surface area contributed by atoms with Crippen LogP contribution in [0.25, 0.3) is 5.69 Å². The van der Waals surface area contributed by atoms with Crippen LogP contribution in [0.4, 0.5) is 0 Å². The average molecular weight is 361 g/mol. The minimum atomic E-state index is 0.245. The topological polar surface area (TPSA) is 34.4 Å². The third-order valence-electron chi connectivity index (χ3n) is 4.19. The van der Waals surface area contributed by atoms with Crippen molar-refractivity contribution in [1.29, 1.82) is 0 Å². The Morgan fingerprint density at radius 3 is 2.42 bits per heavy atom. The molecule has 0 bridgehead atoms. The number of quaternary nitrogens is 1. The van der Waals surface area contributed by atoms with Crippen LogP contribution >= 0.6 is 23.2 Å². The molecule has 0 fully saturated rings. The Balaban J connectivity index is 1.79. The van der Waals surface area contributed by atoms with Crippen LogP contribution in [-0.2, 0) is 6.54 Å². The zero-order valence-corrected chi connectivity index (χ0v) is 15.2. The predicted molar refractivity (Wildman–Crippen MR) is 98.8 cm³/mol. The van der Waals surface area contributed by atoms with E-state index in [4.69, 9.17) is 23.2 Å². The summed E-state index contributed by atoms with van der Waals surface area (Å²) in [7, 11) is 0. The Morgan fingerprint density at radius 2 is 1.71 bits per heavy atom. The van der Waals surface area contributed by atoms with Gasteiger partial charge in [-0.1, -0.05) is 59.6 Å². The van der Waals surface area contributed by atoms with Gasteiger partial charge in [0.1, 0.15) is 17.7 Å². The highest BCUT2D eigenvalue weighted by molar-refractivity contribution is 6.31. The molecule has 3 nitrogen and oxygen atoms in total. The predicted octanol–water partition coefficient (Wildman–Crippen LogP) is 4.31. The molecule has 124 valence electrons. The molecule has 0 aliphatic rings. The zero-order chi connectivity index (χ0) is 17.1. The Morgan fingerprint density at radius 1 is 1.04 bits per heavy atom. The SMILES string of the molecule is Cc1nn(-c2ccccc2)c(Cl)c1C[NH2+][C@@H](C)c1ccccc1Cl. The fraction of sp³-hybridized carbons (Fsp3) is 0.211.